The van der Waals surface area contributed by atoms with Gasteiger partial charge >= 0.3 is 0 Å². The van der Waals surface area contributed by atoms with Crippen LogP contribution in [0.4, 0.5) is 10.1 Å². The van der Waals surface area contributed by atoms with Crippen LogP contribution in [-0.4, -0.2) is 25.9 Å². The maximum absolute atomic E-state index is 12.8. The van der Waals surface area contributed by atoms with Crippen molar-refractivity contribution in [3.63, 3.8) is 0 Å². The van der Waals surface area contributed by atoms with Crippen LogP contribution < -0.4 is 5.32 Å². The summed E-state index contributed by atoms with van der Waals surface area (Å²) in [6.07, 6.45) is 1.63. The molecule has 0 aliphatic heterocycles. The van der Waals surface area contributed by atoms with Gasteiger partial charge in [0.1, 0.15) is 12.1 Å². The first-order chi connectivity index (χ1) is 9.60. The average molecular weight is 294 g/mol. The lowest BCUT2D eigenvalue weighted by molar-refractivity contribution is -0.115. The molecule has 1 amide bonds. The van der Waals surface area contributed by atoms with Gasteiger partial charge in [0.2, 0.25) is 5.91 Å². The van der Waals surface area contributed by atoms with Gasteiger partial charge < -0.3 is 9.88 Å². The van der Waals surface area contributed by atoms with E-state index in [1.807, 2.05) is 11.5 Å². The van der Waals surface area contributed by atoms with E-state index in [-0.39, 0.29) is 17.0 Å². The van der Waals surface area contributed by atoms with Gasteiger partial charge in [-0.1, -0.05) is 11.8 Å². The Morgan fingerprint density at radius 1 is 1.45 bits per heavy atom. The van der Waals surface area contributed by atoms with Crippen molar-refractivity contribution in [1.82, 2.24) is 14.8 Å². The number of nitrogens with zero attached hydrogens (tertiary/aromatic N) is 3. The highest BCUT2D eigenvalue weighted by Crippen LogP contribution is 2.22. The molecule has 0 fully saturated rings. The van der Waals surface area contributed by atoms with E-state index in [1.54, 1.807) is 13.3 Å². The molecule has 0 saturated carbocycles. The number of thioether (sulfide) groups is 1. The third-order valence-electron chi connectivity index (χ3n) is 2.68. The molecule has 0 radical (unpaired) electrons. The van der Waals surface area contributed by atoms with Gasteiger partial charge in [-0.2, -0.15) is 0 Å². The molecule has 106 valence electrons. The van der Waals surface area contributed by atoms with Crippen LogP contribution in [0.5, 0.6) is 0 Å². The Hall–Kier alpha value is -1.89. The zero-order valence-electron chi connectivity index (χ0n) is 11.2. The minimum absolute atomic E-state index is 0.160. The van der Waals surface area contributed by atoms with Crippen LogP contribution in [0.15, 0.2) is 35.7 Å². The number of aromatic nitrogens is 3. The number of carbonyl (C=O) groups excluding carboxylic acids is 1. The van der Waals surface area contributed by atoms with Crippen molar-refractivity contribution in [3.8, 4) is 0 Å². The second kappa shape index (κ2) is 6.51. The summed E-state index contributed by atoms with van der Waals surface area (Å²) in [5.41, 5.74) is 0.570. The van der Waals surface area contributed by atoms with E-state index >= 15 is 0 Å². The van der Waals surface area contributed by atoms with Crippen LogP contribution >= 0.6 is 11.8 Å². The number of carbonyl (C=O) groups is 1. The fourth-order valence-electron chi connectivity index (χ4n) is 1.54. The smallest absolute Gasteiger partial charge is 0.237 e. The van der Waals surface area contributed by atoms with Gasteiger partial charge in [-0.15, -0.1) is 10.2 Å². The van der Waals surface area contributed by atoms with Gasteiger partial charge in [0.25, 0.3) is 0 Å². The lowest BCUT2D eigenvalue weighted by Crippen LogP contribution is -2.22. The van der Waals surface area contributed by atoms with E-state index in [9.17, 15) is 9.18 Å². The number of aryl methyl sites for hydroxylation is 1. The topological polar surface area (TPSA) is 59.8 Å². The number of hydrogen-bond acceptors (Lipinski definition) is 4. The number of rotatable bonds is 5. The van der Waals surface area contributed by atoms with Crippen molar-refractivity contribution in [2.75, 3.05) is 5.32 Å². The average Bonchev–Trinajstić information content (AvgIpc) is 2.88. The first kappa shape index (κ1) is 14.5. The fraction of sp³-hybridized carbons (Fsp3) is 0.308. The maximum atomic E-state index is 12.8. The standard InChI is InChI=1S/C13H15FN4OS/c1-3-18-8-15-17-13(18)20-9(2)12(19)16-11-6-4-10(14)5-7-11/h4-9H,3H2,1-2H3,(H,16,19). The molecule has 1 unspecified atom stereocenters. The summed E-state index contributed by atoms with van der Waals surface area (Å²) < 4.78 is 14.7. The Kier molecular flexibility index (Phi) is 4.73. The zero-order valence-corrected chi connectivity index (χ0v) is 12.0. The molecule has 5 nitrogen and oxygen atoms in total. The number of benzene rings is 1. The molecule has 1 atom stereocenters. The van der Waals surface area contributed by atoms with E-state index in [2.05, 4.69) is 15.5 Å². The normalized spacial score (nSPS) is 12.2. The molecular weight excluding hydrogens is 279 g/mol. The van der Waals surface area contributed by atoms with Crippen molar-refractivity contribution >= 4 is 23.4 Å². The Labute approximate surface area is 120 Å². The Morgan fingerprint density at radius 3 is 2.80 bits per heavy atom. The highest BCUT2D eigenvalue weighted by atomic mass is 32.2. The Morgan fingerprint density at radius 2 is 2.15 bits per heavy atom. The fourth-order valence-corrected chi connectivity index (χ4v) is 2.43. The van der Waals surface area contributed by atoms with E-state index < -0.39 is 0 Å². The largest absolute Gasteiger partial charge is 0.325 e. The van der Waals surface area contributed by atoms with E-state index in [4.69, 9.17) is 0 Å². The van der Waals surface area contributed by atoms with Crippen LogP contribution in [0.25, 0.3) is 0 Å². The monoisotopic (exact) mass is 294 g/mol. The van der Waals surface area contributed by atoms with Crippen LogP contribution in [0, 0.1) is 5.82 Å². The van der Waals surface area contributed by atoms with Crippen LogP contribution in [0.2, 0.25) is 0 Å². The molecule has 1 aromatic carbocycles. The third kappa shape index (κ3) is 3.57. The molecule has 0 aliphatic carbocycles. The number of nitrogens with one attached hydrogen (secondary N) is 1. The molecule has 0 saturated heterocycles. The number of amides is 1. The maximum Gasteiger partial charge on any atom is 0.237 e. The molecule has 1 N–H and O–H groups in total. The summed E-state index contributed by atoms with van der Waals surface area (Å²) >= 11 is 1.34. The number of hydrogen-bond donors (Lipinski definition) is 1. The SMILES string of the molecule is CCn1cnnc1SC(C)C(=O)Nc1ccc(F)cc1. The molecule has 0 aliphatic rings. The second-order valence-electron chi connectivity index (χ2n) is 4.16. The summed E-state index contributed by atoms with van der Waals surface area (Å²) in [6.45, 7) is 4.52. The summed E-state index contributed by atoms with van der Waals surface area (Å²) in [5.74, 6) is -0.492. The molecule has 2 rings (SSSR count). The molecular formula is C13H15FN4OS. The van der Waals surface area contributed by atoms with Crippen molar-refractivity contribution in [1.29, 1.82) is 0 Å². The minimum atomic E-state index is -0.332. The van der Waals surface area contributed by atoms with Crippen molar-refractivity contribution in [3.05, 3.63) is 36.4 Å². The minimum Gasteiger partial charge on any atom is -0.325 e. The Bertz CT molecular complexity index is 584. The summed E-state index contributed by atoms with van der Waals surface area (Å²) in [5, 5.41) is 10.9. The summed E-state index contributed by atoms with van der Waals surface area (Å²) in [6, 6.07) is 5.67. The lowest BCUT2D eigenvalue weighted by Gasteiger charge is -2.11. The lowest BCUT2D eigenvalue weighted by atomic mass is 10.3. The summed E-state index contributed by atoms with van der Waals surface area (Å²) in [4.78, 5) is 12.0. The van der Waals surface area contributed by atoms with E-state index in [0.717, 1.165) is 6.54 Å². The van der Waals surface area contributed by atoms with Gasteiger partial charge in [-0.3, -0.25) is 4.79 Å². The van der Waals surface area contributed by atoms with Crippen LogP contribution in [0.1, 0.15) is 13.8 Å². The first-order valence-electron chi connectivity index (χ1n) is 6.21. The number of halogens is 1. The molecule has 7 heteroatoms. The van der Waals surface area contributed by atoms with E-state index in [0.29, 0.717) is 10.8 Å². The Balaban J connectivity index is 1.97. The first-order valence-corrected chi connectivity index (χ1v) is 7.09. The molecule has 1 aromatic heterocycles. The van der Waals surface area contributed by atoms with Gasteiger partial charge in [0, 0.05) is 12.2 Å². The molecule has 2 aromatic rings. The highest BCUT2D eigenvalue weighted by Gasteiger charge is 2.17. The highest BCUT2D eigenvalue weighted by molar-refractivity contribution is 8.00. The van der Waals surface area contributed by atoms with Gasteiger partial charge in [-0.25, -0.2) is 4.39 Å². The second-order valence-corrected chi connectivity index (χ2v) is 5.46. The zero-order chi connectivity index (χ0) is 14.5. The van der Waals surface area contributed by atoms with Crippen LogP contribution in [0.3, 0.4) is 0 Å². The molecule has 20 heavy (non-hydrogen) atoms. The quantitative estimate of drug-likeness (QED) is 0.861. The van der Waals surface area contributed by atoms with Gasteiger partial charge in [0.15, 0.2) is 5.16 Å². The van der Waals surface area contributed by atoms with Crippen molar-refractivity contribution < 1.29 is 9.18 Å². The summed E-state index contributed by atoms with van der Waals surface area (Å²) in [7, 11) is 0. The number of anilines is 1. The van der Waals surface area contributed by atoms with Crippen molar-refractivity contribution in [2.24, 2.45) is 0 Å². The predicted molar refractivity (Wildman–Crippen MR) is 76.0 cm³/mol. The molecule has 1 heterocycles. The van der Waals surface area contributed by atoms with Crippen molar-refractivity contribution in [2.45, 2.75) is 30.8 Å². The predicted octanol–water partition coefficient (Wildman–Crippen LogP) is 2.56. The van der Waals surface area contributed by atoms with Crippen LogP contribution in [-0.2, 0) is 11.3 Å². The van der Waals surface area contributed by atoms with Gasteiger partial charge in [0.05, 0.1) is 5.25 Å². The molecule has 0 bridgehead atoms. The van der Waals surface area contributed by atoms with E-state index in [1.165, 1.54) is 36.0 Å². The third-order valence-corrected chi connectivity index (χ3v) is 3.78. The van der Waals surface area contributed by atoms with Gasteiger partial charge in [-0.05, 0) is 38.1 Å². The molecule has 0 spiro atoms.